The maximum Gasteiger partial charge on any atom is 0.349 e. The monoisotopic (exact) mass is 712 g/mol. The second-order valence-corrected chi connectivity index (χ2v) is 11.1. The molecular formula is C38H36N2O12. The minimum Gasteiger partial charge on any atom is -0.494 e. The molecule has 14 nitrogen and oxygen atoms in total. The number of unbranched alkanes of at least 4 members (excludes halogenated alkanes) is 1. The van der Waals surface area contributed by atoms with Gasteiger partial charge >= 0.3 is 23.9 Å². The van der Waals surface area contributed by atoms with Gasteiger partial charge in [0.1, 0.15) is 60.2 Å². The number of carbonyl (C=O) groups excluding carboxylic acids is 4. The van der Waals surface area contributed by atoms with Gasteiger partial charge in [-0.15, -0.1) is 0 Å². The summed E-state index contributed by atoms with van der Waals surface area (Å²) in [5.74, 6) is -1.71. The summed E-state index contributed by atoms with van der Waals surface area (Å²) in [7, 11) is 0. The number of carbonyl (C=O) groups is 4. The summed E-state index contributed by atoms with van der Waals surface area (Å²) >= 11 is 0. The number of nitriles is 2. The fourth-order valence-electron chi connectivity index (χ4n) is 4.95. The Bertz CT molecular complexity index is 1750. The number of fused-ring (bicyclic) bond motifs is 1. The van der Waals surface area contributed by atoms with Crippen molar-refractivity contribution in [1.29, 1.82) is 10.5 Å². The van der Waals surface area contributed by atoms with Crippen LogP contribution in [0.5, 0.6) is 11.5 Å². The van der Waals surface area contributed by atoms with Crippen LogP contribution in [-0.2, 0) is 47.6 Å². The molecule has 2 fully saturated rings. The second-order valence-electron chi connectivity index (χ2n) is 11.1. The summed E-state index contributed by atoms with van der Waals surface area (Å²) in [6, 6.07) is 17.0. The second kappa shape index (κ2) is 19.8. The minimum absolute atomic E-state index is 0.0452. The Morgan fingerprint density at radius 1 is 0.654 bits per heavy atom. The molecule has 0 amide bonds. The topological polar surface area (TPSA) is 190 Å². The van der Waals surface area contributed by atoms with E-state index in [2.05, 4.69) is 13.2 Å². The number of benzene rings is 2. The van der Waals surface area contributed by atoms with Crippen LogP contribution in [0.1, 0.15) is 24.0 Å². The van der Waals surface area contributed by atoms with E-state index in [0.29, 0.717) is 42.1 Å². The molecule has 270 valence electrons. The molecule has 0 N–H and O–H groups in total. The zero-order valence-electron chi connectivity index (χ0n) is 28.1. The highest BCUT2D eigenvalue weighted by Crippen LogP contribution is 2.31. The highest BCUT2D eigenvalue weighted by molar-refractivity contribution is 5.98. The molecule has 2 aromatic carbocycles. The number of hydrogen-bond acceptors (Lipinski definition) is 14. The summed E-state index contributed by atoms with van der Waals surface area (Å²) in [4.78, 5) is 48.0. The zero-order valence-corrected chi connectivity index (χ0v) is 28.1. The van der Waals surface area contributed by atoms with E-state index in [4.69, 9.17) is 37.9 Å². The first-order valence-electron chi connectivity index (χ1n) is 16.2. The van der Waals surface area contributed by atoms with Crippen LogP contribution in [0.25, 0.3) is 12.2 Å². The molecule has 4 rings (SSSR count). The lowest BCUT2D eigenvalue weighted by molar-refractivity contribution is -0.150. The van der Waals surface area contributed by atoms with Gasteiger partial charge in [-0.25, -0.2) is 19.2 Å². The van der Waals surface area contributed by atoms with Crippen LogP contribution in [0.2, 0.25) is 0 Å². The van der Waals surface area contributed by atoms with Gasteiger partial charge in [0, 0.05) is 12.2 Å². The molecule has 0 aromatic heterocycles. The molecule has 0 radical (unpaired) electrons. The van der Waals surface area contributed by atoms with Gasteiger partial charge in [0.15, 0.2) is 12.2 Å². The van der Waals surface area contributed by atoms with Crippen LogP contribution in [0.4, 0.5) is 0 Å². The van der Waals surface area contributed by atoms with Gasteiger partial charge in [-0.05, 0) is 60.4 Å². The first-order valence-corrected chi connectivity index (χ1v) is 16.2. The summed E-state index contributed by atoms with van der Waals surface area (Å²) in [6.45, 7) is 7.40. The summed E-state index contributed by atoms with van der Waals surface area (Å²) < 4.78 is 43.5. The number of esters is 4. The Labute approximate surface area is 300 Å². The highest BCUT2D eigenvalue weighted by atomic mass is 16.7. The Hall–Kier alpha value is -6.22. The third-order valence-corrected chi connectivity index (χ3v) is 7.52. The maximum absolute atomic E-state index is 12.9. The van der Waals surface area contributed by atoms with E-state index < -0.39 is 48.3 Å². The smallest absolute Gasteiger partial charge is 0.349 e. The molecule has 4 atom stereocenters. The van der Waals surface area contributed by atoms with E-state index in [-0.39, 0.29) is 44.2 Å². The van der Waals surface area contributed by atoms with Crippen molar-refractivity contribution in [3.05, 3.63) is 96.1 Å². The van der Waals surface area contributed by atoms with Crippen molar-refractivity contribution in [2.45, 2.75) is 37.3 Å². The molecule has 2 aromatic rings. The average Bonchev–Trinajstić information content (AvgIpc) is 3.76. The Morgan fingerprint density at radius 2 is 1.08 bits per heavy atom. The van der Waals surface area contributed by atoms with Crippen LogP contribution in [0, 0.1) is 22.7 Å². The van der Waals surface area contributed by atoms with Crippen molar-refractivity contribution in [2.75, 3.05) is 39.6 Å². The predicted molar refractivity (Wildman–Crippen MR) is 182 cm³/mol. The average molecular weight is 713 g/mol. The van der Waals surface area contributed by atoms with Gasteiger partial charge in [-0.3, -0.25) is 0 Å². The number of nitrogens with zero attached hydrogens (tertiary/aromatic N) is 2. The summed E-state index contributed by atoms with van der Waals surface area (Å²) in [5, 5.41) is 19.3. The lowest BCUT2D eigenvalue weighted by Crippen LogP contribution is -2.36. The van der Waals surface area contributed by atoms with E-state index in [1.165, 1.54) is 12.2 Å². The largest absolute Gasteiger partial charge is 0.494 e. The first kappa shape index (κ1) is 38.6. The van der Waals surface area contributed by atoms with Gasteiger partial charge in [-0.1, -0.05) is 37.4 Å². The van der Waals surface area contributed by atoms with Gasteiger partial charge in [-0.2, -0.15) is 10.5 Å². The van der Waals surface area contributed by atoms with Crippen molar-refractivity contribution in [3.63, 3.8) is 0 Å². The number of ether oxygens (including phenoxy) is 8. The van der Waals surface area contributed by atoms with Crippen LogP contribution in [-0.4, -0.2) is 87.9 Å². The van der Waals surface area contributed by atoms with Crippen molar-refractivity contribution in [2.24, 2.45) is 0 Å². The van der Waals surface area contributed by atoms with Crippen molar-refractivity contribution in [1.82, 2.24) is 0 Å². The van der Waals surface area contributed by atoms with E-state index in [9.17, 15) is 29.7 Å². The molecule has 14 heteroatoms. The zero-order chi connectivity index (χ0) is 37.3. The molecule has 2 heterocycles. The standard InChI is InChI=1S/C38H36N2O12/c1-3-33(41)47-16-6-5-15-45-29-11-7-25(8-12-29)19-27(21-39)37(43)51-31-23-49-36-32(24-50-35(31)36)52-38(44)28(22-40)20-26-9-13-30(14-10-26)46-17-18-48-34(42)4-2/h3-4,7-14,19-20,31-32,35-36H,1-2,5-6,15-18,23-24H2/b27-19+,28-20+/t31-,32+,35+,36+/m0/s1. The molecular weight excluding hydrogens is 676 g/mol. The van der Waals surface area contributed by atoms with E-state index >= 15 is 0 Å². The Balaban J connectivity index is 1.24. The van der Waals surface area contributed by atoms with E-state index in [1.807, 2.05) is 12.1 Å². The minimum atomic E-state index is -0.886. The normalized spacial score (nSPS) is 19.2. The third-order valence-electron chi connectivity index (χ3n) is 7.52. The van der Waals surface area contributed by atoms with Crippen molar-refractivity contribution >= 4 is 36.0 Å². The first-order chi connectivity index (χ1) is 25.2. The van der Waals surface area contributed by atoms with Crippen LogP contribution in [0.15, 0.2) is 85.0 Å². The van der Waals surface area contributed by atoms with Gasteiger partial charge in [0.05, 0.1) is 26.4 Å². The quantitative estimate of drug-likeness (QED) is 0.0713. The molecule has 0 saturated carbocycles. The lowest BCUT2D eigenvalue weighted by atomic mass is 10.1. The van der Waals surface area contributed by atoms with Gasteiger partial charge < -0.3 is 37.9 Å². The number of hydrogen-bond donors (Lipinski definition) is 0. The van der Waals surface area contributed by atoms with Gasteiger partial charge in [0.25, 0.3) is 0 Å². The maximum atomic E-state index is 12.9. The van der Waals surface area contributed by atoms with Crippen LogP contribution >= 0.6 is 0 Å². The molecule has 52 heavy (non-hydrogen) atoms. The number of rotatable bonds is 18. The summed E-state index contributed by atoms with van der Waals surface area (Å²) in [5.41, 5.74) is 0.592. The molecule has 2 aliphatic heterocycles. The Kier molecular flexibility index (Phi) is 14.7. The van der Waals surface area contributed by atoms with E-state index in [0.717, 1.165) is 12.2 Å². The predicted octanol–water partition coefficient (Wildman–Crippen LogP) is 3.82. The molecule has 0 unspecified atom stereocenters. The van der Waals surface area contributed by atoms with Crippen LogP contribution in [0.3, 0.4) is 0 Å². The van der Waals surface area contributed by atoms with Crippen LogP contribution < -0.4 is 9.47 Å². The molecule has 2 saturated heterocycles. The Morgan fingerprint density at radius 3 is 1.52 bits per heavy atom. The molecule has 0 bridgehead atoms. The molecule has 2 aliphatic rings. The van der Waals surface area contributed by atoms with Gasteiger partial charge in [0.2, 0.25) is 0 Å². The summed E-state index contributed by atoms with van der Waals surface area (Å²) in [6.07, 6.45) is 2.95. The fourth-order valence-corrected chi connectivity index (χ4v) is 4.95. The van der Waals surface area contributed by atoms with Crippen molar-refractivity contribution < 1.29 is 57.1 Å². The molecule has 0 aliphatic carbocycles. The third kappa shape index (κ3) is 11.4. The molecule has 0 spiro atoms. The lowest BCUT2D eigenvalue weighted by Gasteiger charge is -2.17. The SMILES string of the molecule is C=CC(=O)OCCCCOc1ccc(/C=C(\C#N)C(=O)O[C@H]2CO[C@H]3[C@@H]2OC[C@H]3OC(=O)/C(C#N)=C/c2ccc(OCCOC(=O)C=C)cc2)cc1. The highest BCUT2D eigenvalue weighted by Gasteiger charge is 2.51. The van der Waals surface area contributed by atoms with Crippen molar-refractivity contribution in [3.8, 4) is 23.6 Å². The van der Waals surface area contributed by atoms with E-state index in [1.54, 1.807) is 48.5 Å². The fraction of sp³-hybridized carbons (Fsp3) is 0.316.